The van der Waals surface area contributed by atoms with Crippen molar-refractivity contribution < 1.29 is 19.0 Å². The Labute approximate surface area is 153 Å². The van der Waals surface area contributed by atoms with Crippen molar-refractivity contribution in [1.82, 2.24) is 15.1 Å². The fourth-order valence-corrected chi connectivity index (χ4v) is 3.15. The molecule has 1 aliphatic carbocycles. The molecule has 1 fully saturated rings. The zero-order chi connectivity index (χ0) is 18.4. The van der Waals surface area contributed by atoms with Crippen LogP contribution in [0.2, 0.25) is 0 Å². The fraction of sp³-hybridized carbons (Fsp3) is 0.474. The second-order valence-corrected chi connectivity index (χ2v) is 6.31. The summed E-state index contributed by atoms with van der Waals surface area (Å²) in [6.07, 6.45) is 7.41. The predicted octanol–water partition coefficient (Wildman–Crippen LogP) is 3.00. The van der Waals surface area contributed by atoms with E-state index in [0.717, 1.165) is 12.8 Å². The smallest absolute Gasteiger partial charge is 0.271 e. The van der Waals surface area contributed by atoms with E-state index in [0.29, 0.717) is 22.9 Å². The quantitative estimate of drug-likeness (QED) is 0.823. The number of ether oxygens (including phenoxy) is 3. The lowest BCUT2D eigenvalue weighted by molar-refractivity contribution is 0.0920. The van der Waals surface area contributed by atoms with Gasteiger partial charge in [0.1, 0.15) is 5.69 Å². The minimum atomic E-state index is -0.134. The first-order valence-corrected chi connectivity index (χ1v) is 8.89. The van der Waals surface area contributed by atoms with Crippen molar-refractivity contribution in [3.05, 3.63) is 36.2 Å². The van der Waals surface area contributed by atoms with Gasteiger partial charge in [0.25, 0.3) is 5.91 Å². The number of para-hydroxylation sites is 1. The Morgan fingerprint density at radius 2 is 1.85 bits per heavy atom. The average molecular weight is 359 g/mol. The second kappa shape index (κ2) is 8.60. The largest absolute Gasteiger partial charge is 0.493 e. The van der Waals surface area contributed by atoms with E-state index in [4.69, 9.17) is 14.2 Å². The topological polar surface area (TPSA) is 74.6 Å². The Kier molecular flexibility index (Phi) is 5.99. The van der Waals surface area contributed by atoms with Crippen molar-refractivity contribution in [3.63, 3.8) is 0 Å². The van der Waals surface area contributed by atoms with Gasteiger partial charge in [0.05, 0.1) is 14.2 Å². The lowest BCUT2D eigenvalue weighted by Crippen LogP contribution is -2.36. The lowest BCUT2D eigenvalue weighted by Gasteiger charge is -2.22. The zero-order valence-corrected chi connectivity index (χ0v) is 15.2. The summed E-state index contributed by atoms with van der Waals surface area (Å²) in [4.78, 5) is 12.3. The van der Waals surface area contributed by atoms with Gasteiger partial charge in [-0.2, -0.15) is 5.10 Å². The molecule has 0 saturated heterocycles. The molecule has 3 rings (SSSR count). The Morgan fingerprint density at radius 3 is 2.50 bits per heavy atom. The van der Waals surface area contributed by atoms with E-state index in [9.17, 15) is 4.79 Å². The summed E-state index contributed by atoms with van der Waals surface area (Å²) in [5.74, 6) is 1.52. The molecule has 0 radical (unpaired) electrons. The van der Waals surface area contributed by atoms with Crippen molar-refractivity contribution in [3.8, 4) is 17.2 Å². The number of benzene rings is 1. The standard InChI is InChI=1S/C19H25N3O4/c1-24-16-9-6-10-17(25-2)18(16)26-13-22-12-11-15(21-22)19(23)20-14-7-4-3-5-8-14/h6,9-12,14H,3-5,7-8,13H2,1-2H3,(H,20,23). The molecule has 1 N–H and O–H groups in total. The molecule has 1 heterocycles. The first kappa shape index (κ1) is 18.1. The van der Waals surface area contributed by atoms with Crippen LogP contribution in [0, 0.1) is 0 Å². The molecule has 0 spiro atoms. The molecular weight excluding hydrogens is 334 g/mol. The van der Waals surface area contributed by atoms with Crippen LogP contribution >= 0.6 is 0 Å². The Hall–Kier alpha value is -2.70. The SMILES string of the molecule is COc1cccc(OC)c1OCn1ccc(C(=O)NC2CCCCC2)n1. The number of carbonyl (C=O) groups excluding carboxylic acids is 1. The van der Waals surface area contributed by atoms with Crippen molar-refractivity contribution in [1.29, 1.82) is 0 Å². The van der Waals surface area contributed by atoms with Gasteiger partial charge < -0.3 is 19.5 Å². The second-order valence-electron chi connectivity index (χ2n) is 6.31. The van der Waals surface area contributed by atoms with Gasteiger partial charge in [-0.15, -0.1) is 0 Å². The highest BCUT2D eigenvalue weighted by Crippen LogP contribution is 2.36. The normalized spacial score (nSPS) is 14.7. The number of nitrogens with zero attached hydrogens (tertiary/aromatic N) is 2. The fourth-order valence-electron chi connectivity index (χ4n) is 3.15. The third-order valence-corrected chi connectivity index (χ3v) is 4.54. The Balaban J connectivity index is 1.61. The van der Waals surface area contributed by atoms with E-state index in [2.05, 4.69) is 10.4 Å². The van der Waals surface area contributed by atoms with Crippen LogP contribution in [0.25, 0.3) is 0 Å². The molecule has 1 aromatic heterocycles. The number of amides is 1. The van der Waals surface area contributed by atoms with Gasteiger partial charge in [0, 0.05) is 12.2 Å². The summed E-state index contributed by atoms with van der Waals surface area (Å²) < 4.78 is 18.0. The van der Waals surface area contributed by atoms with Gasteiger partial charge in [-0.3, -0.25) is 4.79 Å². The number of hydrogen-bond donors (Lipinski definition) is 1. The van der Waals surface area contributed by atoms with Crippen molar-refractivity contribution in [2.45, 2.75) is 44.9 Å². The van der Waals surface area contributed by atoms with Crippen molar-refractivity contribution in [2.75, 3.05) is 14.2 Å². The summed E-state index contributed by atoms with van der Waals surface area (Å²) in [6, 6.07) is 7.37. The first-order chi connectivity index (χ1) is 12.7. The minimum Gasteiger partial charge on any atom is -0.493 e. The number of aromatic nitrogens is 2. The lowest BCUT2D eigenvalue weighted by atomic mass is 9.95. The molecule has 1 aliphatic rings. The summed E-state index contributed by atoms with van der Waals surface area (Å²) in [6.45, 7) is 0.146. The number of nitrogens with one attached hydrogen (secondary N) is 1. The van der Waals surface area contributed by atoms with Crippen LogP contribution in [0.4, 0.5) is 0 Å². The molecule has 0 aliphatic heterocycles. The Morgan fingerprint density at radius 1 is 1.15 bits per heavy atom. The van der Waals surface area contributed by atoms with E-state index in [1.165, 1.54) is 19.3 Å². The molecule has 2 aromatic rings. The summed E-state index contributed by atoms with van der Waals surface area (Å²) in [5.41, 5.74) is 0.395. The molecular formula is C19H25N3O4. The molecule has 140 valence electrons. The van der Waals surface area contributed by atoms with Gasteiger partial charge in [-0.25, -0.2) is 4.68 Å². The molecule has 7 nitrogen and oxygen atoms in total. The van der Waals surface area contributed by atoms with E-state index >= 15 is 0 Å². The van der Waals surface area contributed by atoms with Gasteiger partial charge in [0.15, 0.2) is 18.2 Å². The predicted molar refractivity (Wildman–Crippen MR) is 96.7 cm³/mol. The van der Waals surface area contributed by atoms with Crippen LogP contribution in [0.5, 0.6) is 17.2 Å². The summed E-state index contributed by atoms with van der Waals surface area (Å²) >= 11 is 0. The monoisotopic (exact) mass is 359 g/mol. The molecule has 1 aromatic carbocycles. The maximum atomic E-state index is 12.3. The molecule has 26 heavy (non-hydrogen) atoms. The van der Waals surface area contributed by atoms with Crippen molar-refractivity contribution in [2.24, 2.45) is 0 Å². The van der Waals surface area contributed by atoms with Crippen molar-refractivity contribution >= 4 is 5.91 Å². The summed E-state index contributed by atoms with van der Waals surface area (Å²) in [5, 5.41) is 7.36. The van der Waals surface area contributed by atoms with E-state index < -0.39 is 0 Å². The van der Waals surface area contributed by atoms with E-state index in [1.807, 2.05) is 6.07 Å². The van der Waals surface area contributed by atoms with Crippen LogP contribution in [-0.4, -0.2) is 35.9 Å². The van der Waals surface area contributed by atoms with Crippen LogP contribution in [0.3, 0.4) is 0 Å². The maximum absolute atomic E-state index is 12.3. The van der Waals surface area contributed by atoms with E-state index in [-0.39, 0.29) is 18.7 Å². The average Bonchev–Trinajstić information content (AvgIpc) is 3.16. The minimum absolute atomic E-state index is 0.134. The number of hydrogen-bond acceptors (Lipinski definition) is 5. The summed E-state index contributed by atoms with van der Waals surface area (Å²) in [7, 11) is 3.15. The molecule has 1 amide bonds. The third-order valence-electron chi connectivity index (χ3n) is 4.54. The molecule has 1 saturated carbocycles. The number of rotatable bonds is 7. The van der Waals surface area contributed by atoms with Crippen LogP contribution in [-0.2, 0) is 6.73 Å². The van der Waals surface area contributed by atoms with E-state index in [1.54, 1.807) is 43.3 Å². The third kappa shape index (κ3) is 4.28. The molecule has 7 heteroatoms. The van der Waals surface area contributed by atoms with Gasteiger partial charge >= 0.3 is 0 Å². The highest BCUT2D eigenvalue weighted by Gasteiger charge is 2.18. The molecule has 0 atom stereocenters. The van der Waals surface area contributed by atoms with Gasteiger partial charge in [-0.05, 0) is 31.0 Å². The Bertz CT molecular complexity index is 716. The van der Waals surface area contributed by atoms with Crippen LogP contribution in [0.1, 0.15) is 42.6 Å². The number of carbonyl (C=O) groups is 1. The molecule has 0 unspecified atom stereocenters. The molecule has 0 bridgehead atoms. The van der Waals surface area contributed by atoms with Crippen LogP contribution in [0.15, 0.2) is 30.5 Å². The zero-order valence-electron chi connectivity index (χ0n) is 15.2. The highest BCUT2D eigenvalue weighted by molar-refractivity contribution is 5.92. The van der Waals surface area contributed by atoms with Gasteiger partial charge in [-0.1, -0.05) is 25.3 Å². The van der Waals surface area contributed by atoms with Crippen LogP contribution < -0.4 is 19.5 Å². The number of methoxy groups -OCH3 is 2. The first-order valence-electron chi connectivity index (χ1n) is 8.89. The van der Waals surface area contributed by atoms with Gasteiger partial charge in [0.2, 0.25) is 5.75 Å². The maximum Gasteiger partial charge on any atom is 0.271 e. The highest BCUT2D eigenvalue weighted by atomic mass is 16.5.